The third-order valence-electron chi connectivity index (χ3n) is 5.64. The Morgan fingerprint density at radius 3 is 2.66 bits per heavy atom. The molecule has 4 aromatic rings. The van der Waals surface area contributed by atoms with Gasteiger partial charge in [-0.2, -0.15) is 0 Å². The van der Waals surface area contributed by atoms with E-state index < -0.39 is 12.0 Å². The van der Waals surface area contributed by atoms with Gasteiger partial charge in [0, 0.05) is 16.7 Å². The zero-order valence-corrected chi connectivity index (χ0v) is 20.9. The molecule has 176 valence electrons. The van der Waals surface area contributed by atoms with Crippen LogP contribution < -0.4 is 14.9 Å². The lowest BCUT2D eigenvalue weighted by Crippen LogP contribution is -2.39. The Balaban J connectivity index is 1.65. The normalized spacial score (nSPS) is 15.7. The molecule has 6 nitrogen and oxygen atoms in total. The van der Waals surface area contributed by atoms with Crippen molar-refractivity contribution in [1.82, 2.24) is 4.57 Å². The summed E-state index contributed by atoms with van der Waals surface area (Å²) in [5, 5.41) is 1.04. The Hall–Kier alpha value is -3.39. The van der Waals surface area contributed by atoms with Crippen molar-refractivity contribution in [3.8, 4) is 11.3 Å². The van der Waals surface area contributed by atoms with Crippen molar-refractivity contribution in [2.75, 3.05) is 7.11 Å². The number of esters is 1. The van der Waals surface area contributed by atoms with E-state index in [0.29, 0.717) is 47.7 Å². The SMILES string of the molecule is COC(=O)C1=C(C)N=c2sc(=Cc3ccc(-c4cc(Cl)ccc4Cl)o3)c(=O)n2C1c1ccccc1. The van der Waals surface area contributed by atoms with Crippen LogP contribution in [0.2, 0.25) is 10.0 Å². The minimum atomic E-state index is -0.653. The monoisotopic (exact) mass is 524 g/mol. The fourth-order valence-corrected chi connectivity index (χ4v) is 5.44. The zero-order chi connectivity index (χ0) is 24.7. The number of hydrogen-bond acceptors (Lipinski definition) is 6. The Morgan fingerprint density at radius 1 is 1.14 bits per heavy atom. The zero-order valence-electron chi connectivity index (χ0n) is 18.6. The van der Waals surface area contributed by atoms with Gasteiger partial charge in [-0.15, -0.1) is 0 Å². The van der Waals surface area contributed by atoms with Crippen molar-refractivity contribution < 1.29 is 13.9 Å². The van der Waals surface area contributed by atoms with Crippen LogP contribution in [0.3, 0.4) is 0 Å². The van der Waals surface area contributed by atoms with Gasteiger partial charge in [0.1, 0.15) is 11.5 Å². The third kappa shape index (κ3) is 4.27. The molecule has 5 rings (SSSR count). The molecular formula is C26H18Cl2N2O4S. The standard InChI is InChI=1S/C26H18Cl2N2O4S/c1-14-22(25(32)33-2)23(15-6-4-3-5-7-15)30-24(31)21(35-26(30)29-14)13-17-9-11-20(34-17)18-12-16(27)8-10-19(18)28/h3-13,23H,1-2H3. The molecule has 0 aliphatic carbocycles. The van der Waals surface area contributed by atoms with Gasteiger partial charge in [-0.3, -0.25) is 9.36 Å². The van der Waals surface area contributed by atoms with Gasteiger partial charge in [-0.1, -0.05) is 64.9 Å². The van der Waals surface area contributed by atoms with Gasteiger partial charge in [0.05, 0.1) is 34.0 Å². The van der Waals surface area contributed by atoms with Crippen LogP contribution in [-0.4, -0.2) is 17.6 Å². The van der Waals surface area contributed by atoms with Crippen molar-refractivity contribution in [2.24, 2.45) is 4.99 Å². The first-order chi connectivity index (χ1) is 16.9. The highest BCUT2D eigenvalue weighted by Gasteiger charge is 2.32. The van der Waals surface area contributed by atoms with Crippen LogP contribution in [-0.2, 0) is 9.53 Å². The van der Waals surface area contributed by atoms with Crippen LogP contribution in [0.4, 0.5) is 0 Å². The third-order valence-corrected chi connectivity index (χ3v) is 7.18. The van der Waals surface area contributed by atoms with Crippen molar-refractivity contribution in [2.45, 2.75) is 13.0 Å². The number of benzene rings is 2. The molecule has 0 spiro atoms. The number of fused-ring (bicyclic) bond motifs is 1. The Bertz CT molecular complexity index is 1670. The molecule has 1 atom stereocenters. The van der Waals surface area contributed by atoms with Gasteiger partial charge < -0.3 is 9.15 Å². The molecule has 0 saturated heterocycles. The molecule has 35 heavy (non-hydrogen) atoms. The summed E-state index contributed by atoms with van der Waals surface area (Å²) in [6.45, 7) is 1.74. The predicted molar refractivity (Wildman–Crippen MR) is 136 cm³/mol. The minimum Gasteiger partial charge on any atom is -0.466 e. The summed E-state index contributed by atoms with van der Waals surface area (Å²) >= 11 is 13.6. The van der Waals surface area contributed by atoms with E-state index in [1.165, 1.54) is 23.0 Å². The maximum absolute atomic E-state index is 13.6. The molecule has 2 aromatic carbocycles. The van der Waals surface area contributed by atoms with Crippen LogP contribution in [0.1, 0.15) is 24.3 Å². The molecule has 0 bridgehead atoms. The molecule has 3 heterocycles. The number of thiazole rings is 1. The first kappa shape index (κ1) is 23.4. The van der Waals surface area contributed by atoms with E-state index in [9.17, 15) is 9.59 Å². The molecule has 0 fully saturated rings. The largest absolute Gasteiger partial charge is 0.466 e. The van der Waals surface area contributed by atoms with Crippen molar-refractivity contribution >= 4 is 46.6 Å². The van der Waals surface area contributed by atoms with E-state index in [0.717, 1.165) is 5.56 Å². The summed E-state index contributed by atoms with van der Waals surface area (Å²) in [6, 6.07) is 17.3. The molecule has 2 aromatic heterocycles. The van der Waals surface area contributed by atoms with Crippen molar-refractivity contribution in [3.63, 3.8) is 0 Å². The number of aromatic nitrogens is 1. The van der Waals surface area contributed by atoms with E-state index >= 15 is 0 Å². The number of nitrogens with zero attached hydrogens (tertiary/aromatic N) is 2. The minimum absolute atomic E-state index is 0.282. The highest BCUT2D eigenvalue weighted by Crippen LogP contribution is 2.32. The Kier molecular flexibility index (Phi) is 6.23. The molecule has 0 N–H and O–H groups in total. The number of carbonyl (C=O) groups excluding carboxylic acids is 1. The molecule has 0 radical (unpaired) electrons. The number of rotatable bonds is 4. The lowest BCUT2D eigenvalue weighted by molar-refractivity contribution is -0.136. The fraction of sp³-hybridized carbons (Fsp3) is 0.115. The number of hydrogen-bond donors (Lipinski definition) is 0. The lowest BCUT2D eigenvalue weighted by Gasteiger charge is -2.24. The topological polar surface area (TPSA) is 73.8 Å². The molecule has 0 amide bonds. The van der Waals surface area contributed by atoms with Crippen molar-refractivity contribution in [1.29, 1.82) is 0 Å². The number of allylic oxidation sites excluding steroid dienone is 1. The second-order valence-electron chi connectivity index (χ2n) is 7.81. The number of furan rings is 1. The van der Waals surface area contributed by atoms with Crippen LogP contribution in [0, 0.1) is 0 Å². The van der Waals surface area contributed by atoms with Gasteiger partial charge in [-0.25, -0.2) is 9.79 Å². The molecule has 9 heteroatoms. The van der Waals surface area contributed by atoms with Crippen LogP contribution >= 0.6 is 34.5 Å². The highest BCUT2D eigenvalue weighted by atomic mass is 35.5. The van der Waals surface area contributed by atoms with Crippen LogP contribution in [0.25, 0.3) is 17.4 Å². The van der Waals surface area contributed by atoms with Crippen molar-refractivity contribution in [3.05, 3.63) is 113 Å². The number of ether oxygens (including phenoxy) is 1. The first-order valence-electron chi connectivity index (χ1n) is 10.6. The van der Waals surface area contributed by atoms with E-state index in [4.69, 9.17) is 32.4 Å². The Morgan fingerprint density at radius 2 is 1.91 bits per heavy atom. The van der Waals surface area contributed by atoms with Gasteiger partial charge in [0.2, 0.25) is 0 Å². The summed E-state index contributed by atoms with van der Waals surface area (Å²) in [6.07, 6.45) is 1.66. The first-order valence-corrected chi connectivity index (χ1v) is 12.2. The van der Waals surface area contributed by atoms with E-state index in [2.05, 4.69) is 4.99 Å². The molecule has 1 aliphatic rings. The number of carbonyl (C=O) groups is 1. The maximum Gasteiger partial charge on any atom is 0.338 e. The predicted octanol–water partition coefficient (Wildman–Crippen LogP) is 4.98. The highest BCUT2D eigenvalue weighted by molar-refractivity contribution is 7.07. The summed E-state index contributed by atoms with van der Waals surface area (Å²) < 4.78 is 12.9. The molecule has 0 saturated carbocycles. The molecule has 1 unspecified atom stereocenters. The fourth-order valence-electron chi connectivity index (χ4n) is 4.03. The van der Waals surface area contributed by atoms with Crippen LogP contribution in [0.15, 0.2) is 86.1 Å². The van der Waals surface area contributed by atoms with E-state index in [1.807, 2.05) is 30.3 Å². The van der Waals surface area contributed by atoms with Gasteiger partial charge in [-0.05, 0) is 42.8 Å². The second kappa shape index (κ2) is 9.34. The average Bonchev–Trinajstić information content (AvgIpc) is 3.44. The van der Waals surface area contributed by atoms with Gasteiger partial charge in [0.25, 0.3) is 5.56 Å². The molecule has 1 aliphatic heterocycles. The summed E-state index contributed by atoms with van der Waals surface area (Å²) in [5.41, 5.74) is 1.99. The van der Waals surface area contributed by atoms with E-state index in [1.54, 1.807) is 43.3 Å². The second-order valence-corrected chi connectivity index (χ2v) is 9.66. The number of methoxy groups -OCH3 is 1. The van der Waals surface area contributed by atoms with Crippen LogP contribution in [0.5, 0.6) is 0 Å². The summed E-state index contributed by atoms with van der Waals surface area (Å²) in [7, 11) is 1.32. The summed E-state index contributed by atoms with van der Waals surface area (Å²) in [5.74, 6) is 0.479. The Labute approximate surface area is 214 Å². The van der Waals surface area contributed by atoms with Gasteiger partial charge in [0.15, 0.2) is 4.80 Å². The lowest BCUT2D eigenvalue weighted by atomic mass is 9.96. The quantitative estimate of drug-likeness (QED) is 0.353. The average molecular weight is 525 g/mol. The maximum atomic E-state index is 13.6. The molecular weight excluding hydrogens is 507 g/mol. The van der Waals surface area contributed by atoms with E-state index in [-0.39, 0.29) is 5.56 Å². The summed E-state index contributed by atoms with van der Waals surface area (Å²) in [4.78, 5) is 31.3. The number of halogens is 2. The van der Waals surface area contributed by atoms with Gasteiger partial charge >= 0.3 is 5.97 Å². The smallest absolute Gasteiger partial charge is 0.338 e.